The number of amides is 1. The molecule has 0 spiro atoms. The standard InChI is InChI=1S/C35H32ClFN4O4/c1-5-44-32-16-22(4)29(18-28(32)21(2)3)34-40-30-9-7-6-8-27(30)35(43)41(34)38-19-23-17-24(36)10-15-31(23)45-20-33(42)39-26-13-11-25(37)12-14-26/h6-19,21H,5,20H2,1-4H3,(H,39,42). The molecule has 1 aromatic heterocycles. The zero-order valence-electron chi connectivity index (χ0n) is 25.3. The van der Waals surface area contributed by atoms with Crippen molar-refractivity contribution in [2.24, 2.45) is 5.10 Å². The topological polar surface area (TPSA) is 94.8 Å². The number of nitrogens with one attached hydrogen (secondary N) is 1. The van der Waals surface area contributed by atoms with Crippen molar-refractivity contribution in [3.8, 4) is 22.9 Å². The molecule has 0 saturated carbocycles. The first-order valence-corrected chi connectivity index (χ1v) is 14.8. The Morgan fingerprint density at radius 2 is 1.80 bits per heavy atom. The van der Waals surface area contributed by atoms with E-state index in [9.17, 15) is 14.0 Å². The first kappa shape index (κ1) is 31.4. The number of hydrogen-bond acceptors (Lipinski definition) is 6. The number of nitrogens with zero attached hydrogens (tertiary/aromatic N) is 3. The average Bonchev–Trinajstić information content (AvgIpc) is 3.01. The van der Waals surface area contributed by atoms with E-state index < -0.39 is 11.7 Å². The summed E-state index contributed by atoms with van der Waals surface area (Å²) in [5, 5.41) is 8.07. The van der Waals surface area contributed by atoms with Crippen LogP contribution < -0.4 is 20.3 Å². The maximum Gasteiger partial charge on any atom is 0.282 e. The summed E-state index contributed by atoms with van der Waals surface area (Å²) in [7, 11) is 0. The van der Waals surface area contributed by atoms with Crippen LogP contribution in [0.15, 0.2) is 88.8 Å². The third kappa shape index (κ3) is 7.21. The van der Waals surface area contributed by atoms with Crippen LogP contribution in [0.1, 0.15) is 43.4 Å². The van der Waals surface area contributed by atoms with Crippen molar-refractivity contribution in [2.45, 2.75) is 33.6 Å². The maximum absolute atomic E-state index is 13.9. The highest BCUT2D eigenvalue weighted by Gasteiger charge is 2.19. The minimum Gasteiger partial charge on any atom is -0.494 e. The number of para-hydroxylation sites is 1. The summed E-state index contributed by atoms with van der Waals surface area (Å²) in [6.45, 7) is 8.24. The minimum absolute atomic E-state index is 0.154. The highest BCUT2D eigenvalue weighted by molar-refractivity contribution is 6.30. The number of hydrogen-bond donors (Lipinski definition) is 1. The second kappa shape index (κ2) is 13.7. The second-order valence-corrected chi connectivity index (χ2v) is 11.1. The van der Waals surface area contributed by atoms with Crippen molar-refractivity contribution in [3.05, 3.63) is 117 Å². The Labute approximate surface area is 265 Å². The van der Waals surface area contributed by atoms with Crippen LogP contribution in [0, 0.1) is 12.7 Å². The largest absolute Gasteiger partial charge is 0.494 e. The van der Waals surface area contributed by atoms with E-state index >= 15 is 0 Å². The summed E-state index contributed by atoms with van der Waals surface area (Å²) < 4.78 is 26.2. The first-order chi connectivity index (χ1) is 21.6. The number of carbonyl (C=O) groups excluding carboxylic acids is 1. The average molecular weight is 627 g/mol. The molecule has 0 bridgehead atoms. The van der Waals surface area contributed by atoms with Crippen LogP contribution >= 0.6 is 11.6 Å². The smallest absolute Gasteiger partial charge is 0.282 e. The fourth-order valence-electron chi connectivity index (χ4n) is 4.82. The second-order valence-electron chi connectivity index (χ2n) is 10.6. The van der Waals surface area contributed by atoms with Gasteiger partial charge in [-0.25, -0.2) is 9.37 Å². The number of rotatable bonds is 10. The zero-order chi connectivity index (χ0) is 32.1. The molecule has 1 N–H and O–H groups in total. The monoisotopic (exact) mass is 626 g/mol. The van der Waals surface area contributed by atoms with Crippen molar-refractivity contribution < 1.29 is 18.7 Å². The Bertz CT molecular complexity index is 1960. The Balaban J connectivity index is 1.54. The van der Waals surface area contributed by atoms with E-state index in [1.165, 1.54) is 35.2 Å². The van der Waals surface area contributed by atoms with E-state index in [1.54, 1.807) is 36.4 Å². The van der Waals surface area contributed by atoms with Gasteiger partial charge in [0.2, 0.25) is 0 Å². The molecule has 10 heteroatoms. The van der Waals surface area contributed by atoms with Crippen LogP contribution in [-0.2, 0) is 4.79 Å². The van der Waals surface area contributed by atoms with Gasteiger partial charge in [0.25, 0.3) is 11.5 Å². The van der Waals surface area contributed by atoms with E-state index in [1.807, 2.05) is 32.0 Å². The van der Waals surface area contributed by atoms with E-state index in [2.05, 4.69) is 24.3 Å². The number of aromatic nitrogens is 2. The van der Waals surface area contributed by atoms with Crippen molar-refractivity contribution in [3.63, 3.8) is 0 Å². The lowest BCUT2D eigenvalue weighted by molar-refractivity contribution is -0.118. The van der Waals surface area contributed by atoms with Crippen LogP contribution in [0.25, 0.3) is 22.3 Å². The predicted molar refractivity (Wildman–Crippen MR) is 176 cm³/mol. The summed E-state index contributed by atoms with van der Waals surface area (Å²) >= 11 is 6.31. The number of aryl methyl sites for hydroxylation is 1. The fourth-order valence-corrected chi connectivity index (χ4v) is 5.00. The molecule has 4 aromatic carbocycles. The quantitative estimate of drug-likeness (QED) is 0.161. The summed E-state index contributed by atoms with van der Waals surface area (Å²) in [5.74, 6) is 0.776. The van der Waals surface area contributed by atoms with Crippen molar-refractivity contribution in [1.82, 2.24) is 9.66 Å². The van der Waals surface area contributed by atoms with Gasteiger partial charge in [0.1, 0.15) is 17.3 Å². The summed E-state index contributed by atoms with van der Waals surface area (Å²) in [6.07, 6.45) is 1.45. The number of ether oxygens (including phenoxy) is 2. The molecule has 0 atom stereocenters. The third-order valence-electron chi connectivity index (χ3n) is 7.04. The summed E-state index contributed by atoms with van der Waals surface area (Å²) in [5.41, 5.74) is 3.66. The third-order valence-corrected chi connectivity index (χ3v) is 7.28. The van der Waals surface area contributed by atoms with Crippen LogP contribution in [-0.4, -0.2) is 35.0 Å². The molecule has 0 unspecified atom stereocenters. The Kier molecular flexibility index (Phi) is 9.59. The van der Waals surface area contributed by atoms with Gasteiger partial charge in [-0.05, 0) is 97.6 Å². The lowest BCUT2D eigenvalue weighted by atomic mass is 9.96. The molecule has 0 aliphatic carbocycles. The first-order valence-electron chi connectivity index (χ1n) is 14.5. The van der Waals surface area contributed by atoms with E-state index in [-0.39, 0.29) is 18.1 Å². The van der Waals surface area contributed by atoms with Crippen molar-refractivity contribution >= 4 is 40.3 Å². The molecule has 0 aliphatic rings. The van der Waals surface area contributed by atoms with E-state index in [0.29, 0.717) is 45.4 Å². The van der Waals surface area contributed by atoms with Gasteiger partial charge in [-0.1, -0.05) is 37.6 Å². The molecule has 230 valence electrons. The van der Waals surface area contributed by atoms with E-state index in [0.717, 1.165) is 22.4 Å². The van der Waals surface area contributed by atoms with Crippen LogP contribution in [0.5, 0.6) is 11.5 Å². The Morgan fingerprint density at radius 3 is 2.53 bits per heavy atom. The lowest BCUT2D eigenvalue weighted by Crippen LogP contribution is -2.21. The van der Waals surface area contributed by atoms with Crippen molar-refractivity contribution in [1.29, 1.82) is 0 Å². The van der Waals surface area contributed by atoms with Crippen LogP contribution in [0.2, 0.25) is 5.02 Å². The van der Waals surface area contributed by atoms with Crippen LogP contribution in [0.3, 0.4) is 0 Å². The number of benzene rings is 4. The predicted octanol–water partition coefficient (Wildman–Crippen LogP) is 7.59. The molecule has 1 heterocycles. The van der Waals surface area contributed by atoms with Gasteiger partial charge in [-0.2, -0.15) is 9.78 Å². The molecular formula is C35H32ClFN4O4. The van der Waals surface area contributed by atoms with Gasteiger partial charge >= 0.3 is 0 Å². The van der Waals surface area contributed by atoms with Gasteiger partial charge in [-0.3, -0.25) is 9.59 Å². The normalized spacial score (nSPS) is 11.4. The number of anilines is 1. The number of carbonyl (C=O) groups is 1. The SMILES string of the molecule is CCOc1cc(C)c(-c2nc3ccccc3c(=O)n2N=Cc2cc(Cl)ccc2OCC(=O)Nc2ccc(F)cc2)cc1C(C)C. The van der Waals surface area contributed by atoms with Gasteiger partial charge in [0.05, 0.1) is 23.7 Å². The van der Waals surface area contributed by atoms with Gasteiger partial charge in [0, 0.05) is 21.8 Å². The van der Waals surface area contributed by atoms with Gasteiger partial charge < -0.3 is 14.8 Å². The molecule has 0 radical (unpaired) electrons. The van der Waals surface area contributed by atoms with Crippen LogP contribution in [0.4, 0.5) is 10.1 Å². The molecule has 5 aromatic rings. The minimum atomic E-state index is -0.441. The summed E-state index contributed by atoms with van der Waals surface area (Å²) in [4.78, 5) is 31.2. The fraction of sp³-hybridized carbons (Fsp3) is 0.200. The molecule has 0 fully saturated rings. The molecule has 45 heavy (non-hydrogen) atoms. The molecular weight excluding hydrogens is 595 g/mol. The van der Waals surface area contributed by atoms with E-state index in [4.69, 9.17) is 26.1 Å². The van der Waals surface area contributed by atoms with Gasteiger partial charge in [0.15, 0.2) is 12.4 Å². The molecule has 0 saturated heterocycles. The molecule has 0 aliphatic heterocycles. The van der Waals surface area contributed by atoms with Gasteiger partial charge in [-0.15, -0.1) is 0 Å². The lowest BCUT2D eigenvalue weighted by Gasteiger charge is -2.18. The highest BCUT2D eigenvalue weighted by atomic mass is 35.5. The highest BCUT2D eigenvalue weighted by Crippen LogP contribution is 2.34. The van der Waals surface area contributed by atoms with Crippen molar-refractivity contribution in [2.75, 3.05) is 18.5 Å². The number of halogens is 2. The zero-order valence-corrected chi connectivity index (χ0v) is 26.1. The maximum atomic E-state index is 13.9. The molecule has 5 rings (SSSR count). The number of fused-ring (bicyclic) bond motifs is 1. The summed E-state index contributed by atoms with van der Waals surface area (Å²) in [6, 6.07) is 21.3. The molecule has 8 nitrogen and oxygen atoms in total. The Morgan fingerprint density at radius 1 is 1.04 bits per heavy atom. The Hall–Kier alpha value is -5.02. The molecule has 1 amide bonds.